The largest absolute Gasteiger partial charge is 0.475 e. The molecule has 0 amide bonds. The standard InChI is InChI=1S/C23H32N4O2.HI/c1-3-24-23(26-17-21-10-7-12-25-22(21)29-15-14-28-2)27-13-11-20(18-27)16-19-8-5-4-6-9-19;/h4-10,12,20H,3,11,13-18H2,1-2H3,(H,24,26);1H. The minimum Gasteiger partial charge on any atom is -0.475 e. The number of nitrogens with one attached hydrogen (secondary N) is 1. The number of halogens is 1. The van der Waals surface area contributed by atoms with Gasteiger partial charge in [0.05, 0.1) is 13.2 Å². The molecule has 1 saturated heterocycles. The second kappa shape index (κ2) is 13.4. The molecule has 0 bridgehead atoms. The van der Waals surface area contributed by atoms with Gasteiger partial charge in [-0.2, -0.15) is 0 Å². The van der Waals surface area contributed by atoms with Crippen molar-refractivity contribution in [1.82, 2.24) is 15.2 Å². The van der Waals surface area contributed by atoms with Crippen LogP contribution in [0.2, 0.25) is 0 Å². The molecule has 1 atom stereocenters. The van der Waals surface area contributed by atoms with Crippen molar-refractivity contribution in [1.29, 1.82) is 0 Å². The van der Waals surface area contributed by atoms with Gasteiger partial charge in [0.2, 0.25) is 5.88 Å². The van der Waals surface area contributed by atoms with Crippen molar-refractivity contribution in [3.05, 3.63) is 59.8 Å². The first-order valence-corrected chi connectivity index (χ1v) is 10.4. The van der Waals surface area contributed by atoms with Crippen molar-refractivity contribution in [2.45, 2.75) is 26.3 Å². The third-order valence-electron chi connectivity index (χ3n) is 5.06. The highest BCUT2D eigenvalue weighted by Gasteiger charge is 2.25. The molecule has 1 N–H and O–H groups in total. The van der Waals surface area contributed by atoms with E-state index in [1.54, 1.807) is 13.3 Å². The minimum atomic E-state index is 0. The van der Waals surface area contributed by atoms with Crippen LogP contribution in [0.25, 0.3) is 0 Å². The van der Waals surface area contributed by atoms with Crippen molar-refractivity contribution in [2.24, 2.45) is 10.9 Å². The summed E-state index contributed by atoms with van der Waals surface area (Å²) in [5, 5.41) is 3.45. The van der Waals surface area contributed by atoms with E-state index in [0.29, 0.717) is 31.6 Å². The molecule has 0 spiro atoms. The highest BCUT2D eigenvalue weighted by atomic mass is 127. The van der Waals surface area contributed by atoms with Crippen LogP contribution in [0.4, 0.5) is 0 Å². The van der Waals surface area contributed by atoms with Crippen LogP contribution in [0.15, 0.2) is 53.7 Å². The zero-order valence-corrected chi connectivity index (χ0v) is 20.2. The van der Waals surface area contributed by atoms with E-state index < -0.39 is 0 Å². The number of methoxy groups -OCH3 is 1. The Kier molecular flexibility index (Phi) is 10.9. The number of aromatic nitrogens is 1. The van der Waals surface area contributed by atoms with Crippen LogP contribution in [-0.2, 0) is 17.7 Å². The van der Waals surface area contributed by atoms with Crippen molar-refractivity contribution >= 4 is 29.9 Å². The first-order chi connectivity index (χ1) is 14.3. The summed E-state index contributed by atoms with van der Waals surface area (Å²) in [5.74, 6) is 2.26. The number of rotatable bonds is 9. The van der Waals surface area contributed by atoms with E-state index in [1.807, 2.05) is 12.1 Å². The monoisotopic (exact) mass is 524 g/mol. The Labute approximate surface area is 197 Å². The van der Waals surface area contributed by atoms with Gasteiger partial charge in [0, 0.05) is 38.5 Å². The molecule has 2 heterocycles. The number of likely N-dealkylation sites (tertiary alicyclic amines) is 1. The SMILES string of the molecule is CCNC(=NCc1cccnc1OCCOC)N1CCC(Cc2ccccc2)C1.I. The normalized spacial score (nSPS) is 16.3. The van der Waals surface area contributed by atoms with Gasteiger partial charge in [-0.05, 0) is 37.3 Å². The molecule has 0 radical (unpaired) electrons. The van der Waals surface area contributed by atoms with Gasteiger partial charge in [-0.15, -0.1) is 24.0 Å². The summed E-state index contributed by atoms with van der Waals surface area (Å²) in [5.41, 5.74) is 2.40. The van der Waals surface area contributed by atoms with Gasteiger partial charge in [0.15, 0.2) is 5.96 Å². The van der Waals surface area contributed by atoms with E-state index >= 15 is 0 Å². The van der Waals surface area contributed by atoms with Gasteiger partial charge in [-0.25, -0.2) is 9.98 Å². The summed E-state index contributed by atoms with van der Waals surface area (Å²) in [6.07, 6.45) is 4.06. The molecule has 7 heteroatoms. The Morgan fingerprint density at radius 3 is 2.80 bits per heavy atom. The lowest BCUT2D eigenvalue weighted by atomic mass is 9.99. The Balaban J connectivity index is 0.00000320. The zero-order chi connectivity index (χ0) is 20.3. The first kappa shape index (κ1) is 24.4. The molecule has 3 rings (SSSR count). The average molecular weight is 524 g/mol. The van der Waals surface area contributed by atoms with Gasteiger partial charge >= 0.3 is 0 Å². The van der Waals surface area contributed by atoms with Gasteiger partial charge in [0.25, 0.3) is 0 Å². The maximum absolute atomic E-state index is 5.74. The van der Waals surface area contributed by atoms with Crippen LogP contribution in [0.1, 0.15) is 24.5 Å². The maximum Gasteiger partial charge on any atom is 0.218 e. The fourth-order valence-electron chi connectivity index (χ4n) is 3.62. The summed E-state index contributed by atoms with van der Waals surface area (Å²) < 4.78 is 10.8. The molecule has 0 saturated carbocycles. The lowest BCUT2D eigenvalue weighted by Gasteiger charge is -2.22. The summed E-state index contributed by atoms with van der Waals surface area (Å²) in [6.45, 7) is 6.59. The Bertz CT molecular complexity index is 773. The molecule has 1 aliphatic heterocycles. The number of hydrogen-bond donors (Lipinski definition) is 1. The van der Waals surface area contributed by atoms with Crippen molar-refractivity contribution < 1.29 is 9.47 Å². The summed E-state index contributed by atoms with van der Waals surface area (Å²) >= 11 is 0. The minimum absolute atomic E-state index is 0. The first-order valence-electron chi connectivity index (χ1n) is 10.4. The Morgan fingerprint density at radius 1 is 1.20 bits per heavy atom. The molecule has 0 aliphatic carbocycles. The van der Waals surface area contributed by atoms with Crippen molar-refractivity contribution in [2.75, 3.05) is 40.0 Å². The molecular weight excluding hydrogens is 491 g/mol. The highest BCUT2D eigenvalue weighted by Crippen LogP contribution is 2.21. The van der Waals surface area contributed by atoms with Crippen LogP contribution in [-0.4, -0.2) is 55.8 Å². The van der Waals surface area contributed by atoms with E-state index in [0.717, 1.165) is 37.6 Å². The van der Waals surface area contributed by atoms with Gasteiger partial charge < -0.3 is 19.7 Å². The highest BCUT2D eigenvalue weighted by molar-refractivity contribution is 14.0. The van der Waals surface area contributed by atoms with Crippen LogP contribution in [0, 0.1) is 5.92 Å². The zero-order valence-electron chi connectivity index (χ0n) is 17.9. The molecule has 1 fully saturated rings. The predicted molar refractivity (Wildman–Crippen MR) is 132 cm³/mol. The number of hydrogen-bond acceptors (Lipinski definition) is 4. The summed E-state index contributed by atoms with van der Waals surface area (Å²) in [7, 11) is 1.66. The fraction of sp³-hybridized carbons (Fsp3) is 0.478. The van der Waals surface area contributed by atoms with Crippen molar-refractivity contribution in [3.63, 3.8) is 0 Å². The predicted octanol–water partition coefficient (Wildman–Crippen LogP) is 3.75. The van der Waals surface area contributed by atoms with Gasteiger partial charge in [-0.1, -0.05) is 36.4 Å². The van der Waals surface area contributed by atoms with Crippen molar-refractivity contribution in [3.8, 4) is 5.88 Å². The molecule has 30 heavy (non-hydrogen) atoms. The topological polar surface area (TPSA) is 59.0 Å². The lowest BCUT2D eigenvalue weighted by Crippen LogP contribution is -2.40. The van der Waals surface area contributed by atoms with Crippen LogP contribution < -0.4 is 10.1 Å². The molecule has 1 aromatic carbocycles. The van der Waals surface area contributed by atoms with E-state index in [9.17, 15) is 0 Å². The van der Waals surface area contributed by atoms with Gasteiger partial charge in [-0.3, -0.25) is 0 Å². The summed E-state index contributed by atoms with van der Waals surface area (Å²) in [4.78, 5) is 11.6. The number of benzene rings is 1. The van der Waals surface area contributed by atoms with E-state index in [-0.39, 0.29) is 24.0 Å². The molecule has 6 nitrogen and oxygen atoms in total. The van der Waals surface area contributed by atoms with E-state index in [1.165, 1.54) is 12.0 Å². The number of nitrogens with zero attached hydrogens (tertiary/aromatic N) is 3. The molecule has 1 unspecified atom stereocenters. The third kappa shape index (κ3) is 7.43. The number of guanidine groups is 1. The third-order valence-corrected chi connectivity index (χ3v) is 5.06. The quantitative estimate of drug-likeness (QED) is 0.235. The number of aliphatic imine (C=N–C) groups is 1. The van der Waals surface area contributed by atoms with E-state index in [2.05, 4.69) is 52.5 Å². The number of ether oxygens (including phenoxy) is 2. The van der Waals surface area contributed by atoms with Crippen LogP contribution >= 0.6 is 24.0 Å². The smallest absolute Gasteiger partial charge is 0.218 e. The van der Waals surface area contributed by atoms with Crippen LogP contribution in [0.5, 0.6) is 5.88 Å². The molecule has 1 aromatic heterocycles. The van der Waals surface area contributed by atoms with Gasteiger partial charge in [0.1, 0.15) is 6.61 Å². The lowest BCUT2D eigenvalue weighted by molar-refractivity contribution is 0.143. The summed E-state index contributed by atoms with van der Waals surface area (Å²) in [6, 6.07) is 14.7. The Hall–Kier alpha value is -1.87. The second-order valence-corrected chi connectivity index (χ2v) is 7.27. The molecule has 164 valence electrons. The Morgan fingerprint density at radius 2 is 2.03 bits per heavy atom. The van der Waals surface area contributed by atoms with Crippen LogP contribution in [0.3, 0.4) is 0 Å². The maximum atomic E-state index is 5.74. The average Bonchev–Trinajstić information content (AvgIpc) is 3.21. The molecule has 2 aromatic rings. The molecule has 1 aliphatic rings. The fourth-order valence-corrected chi connectivity index (χ4v) is 3.62. The second-order valence-electron chi connectivity index (χ2n) is 7.27. The molecular formula is C23H33IN4O2. The number of pyridine rings is 1. The van der Waals surface area contributed by atoms with E-state index in [4.69, 9.17) is 14.5 Å².